The van der Waals surface area contributed by atoms with Crippen molar-refractivity contribution in [2.24, 2.45) is 0 Å². The molecule has 1 aliphatic rings. The predicted molar refractivity (Wildman–Crippen MR) is 137 cm³/mol. The van der Waals surface area contributed by atoms with Crippen LogP contribution < -0.4 is 9.62 Å². The molecular formula is C25H24F2N6O4S. The van der Waals surface area contributed by atoms with Crippen LogP contribution in [-0.4, -0.2) is 64.2 Å². The van der Waals surface area contributed by atoms with Gasteiger partial charge in [0.05, 0.1) is 17.4 Å². The SMILES string of the molecule is CCCS(=O)(=O)Nc1c(F)ccc(C(=O)c2c[nH]c3ncc(-c4cnc(N5CC[C@H](O)C5)nc4)cc23)c1F. The third kappa shape index (κ3) is 4.94. The van der Waals surface area contributed by atoms with Crippen LogP contribution in [0.2, 0.25) is 0 Å². The fourth-order valence-corrected chi connectivity index (χ4v) is 5.49. The van der Waals surface area contributed by atoms with E-state index in [1.54, 1.807) is 31.6 Å². The first kappa shape index (κ1) is 25.7. The van der Waals surface area contributed by atoms with Crippen molar-refractivity contribution in [1.82, 2.24) is 19.9 Å². The van der Waals surface area contributed by atoms with Crippen LogP contribution in [0.5, 0.6) is 0 Å². The Bertz CT molecular complexity index is 1630. The molecule has 1 fully saturated rings. The van der Waals surface area contributed by atoms with E-state index >= 15 is 4.39 Å². The van der Waals surface area contributed by atoms with E-state index in [-0.39, 0.29) is 17.7 Å². The van der Waals surface area contributed by atoms with Crippen molar-refractivity contribution < 1.29 is 27.1 Å². The fourth-order valence-electron chi connectivity index (χ4n) is 4.35. The van der Waals surface area contributed by atoms with Gasteiger partial charge >= 0.3 is 0 Å². The van der Waals surface area contributed by atoms with Gasteiger partial charge < -0.3 is 15.0 Å². The highest BCUT2D eigenvalue weighted by Gasteiger charge is 2.25. The quantitative estimate of drug-likeness (QED) is 0.288. The number of aromatic nitrogens is 4. The molecule has 4 aromatic rings. The van der Waals surface area contributed by atoms with Crippen LogP contribution in [0.1, 0.15) is 35.7 Å². The van der Waals surface area contributed by atoms with Gasteiger partial charge in [0, 0.05) is 60.0 Å². The molecule has 0 aliphatic carbocycles. The van der Waals surface area contributed by atoms with E-state index in [4.69, 9.17) is 0 Å². The molecule has 5 rings (SSSR count). The Morgan fingerprint density at radius 3 is 2.58 bits per heavy atom. The number of rotatable bonds is 8. The number of nitrogens with zero attached hydrogens (tertiary/aromatic N) is 4. The minimum Gasteiger partial charge on any atom is -0.391 e. The number of aliphatic hydroxyl groups excluding tert-OH is 1. The molecule has 0 radical (unpaired) electrons. The summed E-state index contributed by atoms with van der Waals surface area (Å²) in [6.07, 6.45) is 6.65. The third-order valence-electron chi connectivity index (χ3n) is 6.26. The second-order valence-corrected chi connectivity index (χ2v) is 10.9. The molecule has 3 aromatic heterocycles. The Hall–Kier alpha value is -3.97. The summed E-state index contributed by atoms with van der Waals surface area (Å²) in [5.41, 5.74) is 0.283. The van der Waals surface area contributed by atoms with Crippen LogP contribution in [0, 0.1) is 11.6 Å². The lowest BCUT2D eigenvalue weighted by Crippen LogP contribution is -2.23. The number of carbonyl (C=O) groups excluding carboxylic acids is 1. The molecule has 0 saturated carbocycles. The average molecular weight is 543 g/mol. The van der Waals surface area contributed by atoms with Crippen LogP contribution in [0.15, 0.2) is 43.0 Å². The number of fused-ring (bicyclic) bond motifs is 1. The number of hydrogen-bond acceptors (Lipinski definition) is 8. The second-order valence-electron chi connectivity index (χ2n) is 9.02. The number of anilines is 2. The summed E-state index contributed by atoms with van der Waals surface area (Å²) in [5.74, 6) is -3.04. The highest BCUT2D eigenvalue weighted by atomic mass is 32.2. The van der Waals surface area contributed by atoms with Gasteiger partial charge in [0.2, 0.25) is 16.0 Å². The molecule has 0 bridgehead atoms. The van der Waals surface area contributed by atoms with Crippen molar-refractivity contribution in [1.29, 1.82) is 0 Å². The van der Waals surface area contributed by atoms with E-state index in [1.807, 2.05) is 9.62 Å². The number of β-amino-alcohol motifs (C(OH)–C–C–N with tert-alkyl or cyclic N) is 1. The van der Waals surface area contributed by atoms with Crippen LogP contribution in [0.25, 0.3) is 22.2 Å². The Balaban J connectivity index is 1.47. The highest BCUT2D eigenvalue weighted by Crippen LogP contribution is 2.29. The second kappa shape index (κ2) is 10.1. The number of aromatic amines is 1. The first-order valence-corrected chi connectivity index (χ1v) is 13.6. The highest BCUT2D eigenvalue weighted by molar-refractivity contribution is 7.92. The fraction of sp³-hybridized carbons (Fsp3) is 0.280. The van der Waals surface area contributed by atoms with E-state index in [2.05, 4.69) is 19.9 Å². The largest absolute Gasteiger partial charge is 0.391 e. The number of nitrogens with one attached hydrogen (secondary N) is 2. The van der Waals surface area contributed by atoms with Crippen molar-refractivity contribution in [3.8, 4) is 11.1 Å². The van der Waals surface area contributed by atoms with Crippen molar-refractivity contribution in [3.63, 3.8) is 0 Å². The zero-order valence-corrected chi connectivity index (χ0v) is 21.1. The standard InChI is InChI=1S/C25H24F2N6O4S/c1-2-7-38(36,37)32-22-20(26)4-3-17(21(22)27)23(35)19-12-29-24-18(19)8-14(9-28-24)15-10-30-25(31-11-15)33-6-5-16(34)13-33/h3-4,8-12,16,32,34H,2,5-7,13H2,1H3,(H,28,29)/t16-/m0/s1. The summed E-state index contributed by atoms with van der Waals surface area (Å²) >= 11 is 0. The molecule has 198 valence electrons. The number of ketones is 1. The minimum atomic E-state index is -3.99. The monoisotopic (exact) mass is 542 g/mol. The number of benzene rings is 1. The minimum absolute atomic E-state index is 0.0748. The molecule has 1 aliphatic heterocycles. The molecule has 1 aromatic carbocycles. The molecule has 3 N–H and O–H groups in total. The number of aliphatic hydroxyl groups is 1. The first-order valence-electron chi connectivity index (χ1n) is 11.9. The van der Waals surface area contributed by atoms with Crippen LogP contribution in [0.4, 0.5) is 20.4 Å². The number of hydrogen-bond donors (Lipinski definition) is 3. The number of sulfonamides is 1. The van der Waals surface area contributed by atoms with Crippen LogP contribution >= 0.6 is 0 Å². The molecule has 1 saturated heterocycles. The van der Waals surface area contributed by atoms with E-state index in [1.165, 1.54) is 6.20 Å². The van der Waals surface area contributed by atoms with Gasteiger partial charge in [0.15, 0.2) is 11.6 Å². The molecule has 0 spiro atoms. The molecule has 10 nitrogen and oxygen atoms in total. The lowest BCUT2D eigenvalue weighted by molar-refractivity contribution is 0.103. The smallest absolute Gasteiger partial charge is 0.232 e. The van der Waals surface area contributed by atoms with E-state index in [0.29, 0.717) is 47.6 Å². The van der Waals surface area contributed by atoms with Crippen molar-refractivity contribution in [2.45, 2.75) is 25.9 Å². The Morgan fingerprint density at radius 1 is 1.16 bits per heavy atom. The van der Waals surface area contributed by atoms with Crippen LogP contribution in [0.3, 0.4) is 0 Å². The number of H-pyrrole nitrogens is 1. The summed E-state index contributed by atoms with van der Waals surface area (Å²) in [5, 5.41) is 10.1. The van der Waals surface area contributed by atoms with Gasteiger partial charge in [-0.3, -0.25) is 9.52 Å². The lowest BCUT2D eigenvalue weighted by atomic mass is 10.0. The zero-order valence-electron chi connectivity index (χ0n) is 20.3. The topological polar surface area (TPSA) is 141 Å². The van der Waals surface area contributed by atoms with Gasteiger partial charge in [0.1, 0.15) is 17.2 Å². The summed E-state index contributed by atoms with van der Waals surface area (Å²) in [7, 11) is -3.99. The van der Waals surface area contributed by atoms with Gasteiger partial charge in [-0.15, -0.1) is 0 Å². The van der Waals surface area contributed by atoms with Crippen LogP contribution in [-0.2, 0) is 10.0 Å². The number of pyridine rings is 1. The summed E-state index contributed by atoms with van der Waals surface area (Å²) in [6.45, 7) is 2.73. The van der Waals surface area contributed by atoms with E-state index < -0.39 is 44.8 Å². The third-order valence-corrected chi connectivity index (χ3v) is 7.72. The van der Waals surface area contributed by atoms with Crippen molar-refractivity contribution in [2.75, 3.05) is 28.5 Å². The van der Waals surface area contributed by atoms with E-state index in [9.17, 15) is 22.7 Å². The number of halogens is 2. The van der Waals surface area contributed by atoms with Crippen molar-refractivity contribution in [3.05, 3.63) is 65.7 Å². The Kier molecular flexibility index (Phi) is 6.80. The summed E-state index contributed by atoms with van der Waals surface area (Å²) < 4.78 is 55.7. The molecular weight excluding hydrogens is 518 g/mol. The molecule has 1 atom stereocenters. The lowest BCUT2D eigenvalue weighted by Gasteiger charge is -2.15. The molecule has 0 unspecified atom stereocenters. The van der Waals surface area contributed by atoms with Gasteiger partial charge in [0.25, 0.3) is 0 Å². The maximum Gasteiger partial charge on any atom is 0.232 e. The summed E-state index contributed by atoms with van der Waals surface area (Å²) in [6, 6.07) is 3.50. The molecule has 4 heterocycles. The average Bonchev–Trinajstić information content (AvgIpc) is 3.52. The van der Waals surface area contributed by atoms with Crippen molar-refractivity contribution >= 4 is 38.5 Å². The Morgan fingerprint density at radius 2 is 1.89 bits per heavy atom. The normalized spacial score (nSPS) is 15.8. The Labute approximate surface area is 216 Å². The van der Waals surface area contributed by atoms with Gasteiger partial charge in [-0.25, -0.2) is 32.2 Å². The number of carbonyl (C=O) groups is 1. The molecule has 13 heteroatoms. The van der Waals surface area contributed by atoms with Gasteiger partial charge in [-0.05, 0) is 31.0 Å². The maximum absolute atomic E-state index is 15.2. The predicted octanol–water partition coefficient (Wildman–Crippen LogP) is 3.25. The molecule has 38 heavy (non-hydrogen) atoms. The first-order chi connectivity index (χ1) is 18.2. The molecule has 0 amide bonds. The summed E-state index contributed by atoms with van der Waals surface area (Å²) in [4.78, 5) is 31.2. The van der Waals surface area contributed by atoms with E-state index in [0.717, 1.165) is 12.1 Å². The maximum atomic E-state index is 15.2. The van der Waals surface area contributed by atoms with Gasteiger partial charge in [-0.1, -0.05) is 6.92 Å². The van der Waals surface area contributed by atoms with Gasteiger partial charge in [-0.2, -0.15) is 0 Å². The zero-order chi connectivity index (χ0) is 27.0.